The van der Waals surface area contributed by atoms with Gasteiger partial charge in [-0.1, -0.05) is 179 Å². The van der Waals surface area contributed by atoms with Gasteiger partial charge in [-0.25, -0.2) is 0 Å². The second-order valence-electron chi connectivity index (χ2n) is 16.9. The summed E-state index contributed by atoms with van der Waals surface area (Å²) in [6.45, 7) is 9.56. The molecular weight excluding hydrogens is 701 g/mol. The molecule has 9 aromatic rings. The fourth-order valence-corrected chi connectivity index (χ4v) is 10.2. The van der Waals surface area contributed by atoms with E-state index in [1.807, 2.05) is 0 Å². The lowest BCUT2D eigenvalue weighted by Gasteiger charge is -2.45. The molecule has 1 aliphatic heterocycles. The average Bonchev–Trinajstić information content (AvgIpc) is 3.49. The molecule has 0 radical (unpaired) electrons. The number of benzene rings is 9. The number of hydrogen-bond donors (Lipinski definition) is 0. The predicted molar refractivity (Wildman–Crippen MR) is 246 cm³/mol. The molecule has 2 nitrogen and oxygen atoms in total. The summed E-state index contributed by atoms with van der Waals surface area (Å²) in [6, 6.07) is 71.9. The molecule has 1 aliphatic carbocycles. The van der Waals surface area contributed by atoms with E-state index in [9.17, 15) is 0 Å². The summed E-state index contributed by atoms with van der Waals surface area (Å²) in [7, 11) is 0. The molecule has 2 heteroatoms. The van der Waals surface area contributed by atoms with Gasteiger partial charge < -0.3 is 9.80 Å². The van der Waals surface area contributed by atoms with Crippen LogP contribution in [0.1, 0.15) is 49.9 Å². The normalized spacial score (nSPS) is 14.4. The van der Waals surface area contributed by atoms with E-state index in [1.165, 1.54) is 88.8 Å². The largest absolute Gasteiger partial charge is 0.309 e. The van der Waals surface area contributed by atoms with Crippen molar-refractivity contribution >= 4 is 55.7 Å². The topological polar surface area (TPSA) is 6.48 Å². The fraction of sp³-hybridized carbons (Fsp3) is 0.107. The Morgan fingerprint density at radius 3 is 1.81 bits per heavy atom. The molecular formula is C56H44N2. The van der Waals surface area contributed by atoms with E-state index >= 15 is 0 Å². The zero-order valence-electron chi connectivity index (χ0n) is 33.4. The van der Waals surface area contributed by atoms with Crippen LogP contribution in [0.15, 0.2) is 194 Å². The van der Waals surface area contributed by atoms with Gasteiger partial charge in [0.15, 0.2) is 0 Å². The van der Waals surface area contributed by atoms with Gasteiger partial charge in [0.2, 0.25) is 0 Å². The Morgan fingerprint density at radius 2 is 0.983 bits per heavy atom. The third-order valence-corrected chi connectivity index (χ3v) is 13.0. The highest BCUT2D eigenvalue weighted by atomic mass is 15.2. The van der Waals surface area contributed by atoms with Crippen LogP contribution < -0.4 is 9.80 Å². The predicted octanol–water partition coefficient (Wildman–Crippen LogP) is 15.5. The lowest BCUT2D eigenvalue weighted by atomic mass is 9.72. The van der Waals surface area contributed by atoms with Crippen LogP contribution in [0.4, 0.5) is 34.1 Å². The summed E-state index contributed by atoms with van der Waals surface area (Å²) in [5.41, 5.74) is 17.1. The Bertz CT molecular complexity index is 3080. The number of nitrogens with zero attached hydrogens (tertiary/aromatic N) is 2. The monoisotopic (exact) mass is 744 g/mol. The Morgan fingerprint density at radius 1 is 0.397 bits per heavy atom. The summed E-state index contributed by atoms with van der Waals surface area (Å²) in [4.78, 5) is 5.07. The molecule has 278 valence electrons. The van der Waals surface area contributed by atoms with Crippen molar-refractivity contribution in [1.82, 2.24) is 0 Å². The summed E-state index contributed by atoms with van der Waals surface area (Å²) in [5.74, 6) is 0. The van der Waals surface area contributed by atoms with Crippen molar-refractivity contribution < 1.29 is 0 Å². The minimum absolute atomic E-state index is 0.106. The van der Waals surface area contributed by atoms with Crippen molar-refractivity contribution in [2.45, 2.75) is 38.5 Å². The van der Waals surface area contributed by atoms with Gasteiger partial charge in [0, 0.05) is 38.4 Å². The lowest BCUT2D eigenvalue weighted by molar-refractivity contribution is 0.632. The molecule has 11 rings (SSSR count). The lowest BCUT2D eigenvalue weighted by Crippen LogP contribution is -2.32. The molecule has 0 aromatic heterocycles. The van der Waals surface area contributed by atoms with Crippen LogP contribution in [0.2, 0.25) is 0 Å². The third-order valence-electron chi connectivity index (χ3n) is 13.0. The van der Waals surface area contributed by atoms with Crippen molar-refractivity contribution in [3.8, 4) is 22.3 Å². The molecule has 0 saturated heterocycles. The van der Waals surface area contributed by atoms with Crippen LogP contribution in [-0.4, -0.2) is 0 Å². The Labute approximate surface area is 341 Å². The first kappa shape index (κ1) is 34.4. The smallest absolute Gasteiger partial charge is 0.0618 e. The summed E-state index contributed by atoms with van der Waals surface area (Å²) in [6.07, 6.45) is 0. The second kappa shape index (κ2) is 12.8. The van der Waals surface area contributed by atoms with Crippen LogP contribution in [-0.2, 0) is 10.8 Å². The maximum atomic E-state index is 2.58. The molecule has 58 heavy (non-hydrogen) atoms. The molecule has 9 aromatic carbocycles. The molecule has 0 bridgehead atoms. The zero-order valence-corrected chi connectivity index (χ0v) is 33.4. The first-order valence-corrected chi connectivity index (χ1v) is 20.4. The van der Waals surface area contributed by atoms with Crippen LogP contribution in [0.3, 0.4) is 0 Å². The number of fused-ring (bicyclic) bond motifs is 7. The van der Waals surface area contributed by atoms with Crippen molar-refractivity contribution in [3.05, 3.63) is 216 Å². The van der Waals surface area contributed by atoms with Gasteiger partial charge in [0.25, 0.3) is 0 Å². The number of rotatable bonds is 5. The van der Waals surface area contributed by atoms with Crippen molar-refractivity contribution in [2.24, 2.45) is 0 Å². The van der Waals surface area contributed by atoms with Gasteiger partial charge >= 0.3 is 0 Å². The van der Waals surface area contributed by atoms with Crippen molar-refractivity contribution in [3.63, 3.8) is 0 Å². The average molecular weight is 745 g/mol. The number of hydrogen-bond acceptors (Lipinski definition) is 2. The van der Waals surface area contributed by atoms with Crippen LogP contribution in [0, 0.1) is 0 Å². The van der Waals surface area contributed by atoms with Crippen LogP contribution in [0.25, 0.3) is 43.8 Å². The second-order valence-corrected chi connectivity index (χ2v) is 16.9. The molecule has 0 fully saturated rings. The highest BCUT2D eigenvalue weighted by molar-refractivity contribution is 6.09. The summed E-state index contributed by atoms with van der Waals surface area (Å²) < 4.78 is 0. The van der Waals surface area contributed by atoms with E-state index in [-0.39, 0.29) is 10.8 Å². The highest BCUT2D eigenvalue weighted by Gasteiger charge is 2.41. The maximum absolute atomic E-state index is 2.58. The number of anilines is 6. The fourth-order valence-electron chi connectivity index (χ4n) is 10.2. The first-order chi connectivity index (χ1) is 28.3. The van der Waals surface area contributed by atoms with Gasteiger partial charge in [0.1, 0.15) is 0 Å². The molecule has 0 saturated carbocycles. The summed E-state index contributed by atoms with van der Waals surface area (Å²) in [5, 5.41) is 4.88. The molecule has 2 aliphatic rings. The van der Waals surface area contributed by atoms with E-state index < -0.39 is 0 Å². The molecule has 0 unspecified atom stereocenters. The van der Waals surface area contributed by atoms with E-state index in [4.69, 9.17) is 0 Å². The minimum Gasteiger partial charge on any atom is -0.309 e. The standard InChI is InChI=1S/C56H44N2/c1-55(2)46-26-13-12-25-44(46)45-35-33-39(36-48(45)55)43-34-32-38-19-9-11-24-42(38)54(43)58-50-28-15-14-27-47(50)56(3,4)53-51(30-17-31-52(53)58)57(40-21-6-5-7-22-40)49-29-16-20-37-18-8-10-23-41(37)49/h5-36H,1-4H3. The van der Waals surface area contributed by atoms with Gasteiger partial charge in [-0.3, -0.25) is 0 Å². The quantitative estimate of drug-likeness (QED) is 0.173. The van der Waals surface area contributed by atoms with E-state index in [0.717, 1.165) is 11.4 Å². The van der Waals surface area contributed by atoms with E-state index in [1.54, 1.807) is 0 Å². The van der Waals surface area contributed by atoms with E-state index in [0.29, 0.717) is 0 Å². The first-order valence-electron chi connectivity index (χ1n) is 20.4. The van der Waals surface area contributed by atoms with Crippen LogP contribution in [0.5, 0.6) is 0 Å². The molecule has 1 heterocycles. The minimum atomic E-state index is -0.343. The Kier molecular flexibility index (Phi) is 7.59. The van der Waals surface area contributed by atoms with Gasteiger partial charge in [-0.15, -0.1) is 0 Å². The number of para-hydroxylation sites is 2. The molecule has 0 spiro atoms. The summed E-state index contributed by atoms with van der Waals surface area (Å²) >= 11 is 0. The SMILES string of the molecule is CC1(C)c2ccccc2-c2ccc(-c3ccc4ccccc4c3N3c4ccccc4C(C)(C)c4c(N(c5ccccc5)c5cccc6ccccc56)cccc43)cc21. The Balaban J connectivity index is 1.21. The molecule has 0 N–H and O–H groups in total. The zero-order chi connectivity index (χ0) is 39.2. The van der Waals surface area contributed by atoms with Gasteiger partial charge in [-0.2, -0.15) is 0 Å². The van der Waals surface area contributed by atoms with Crippen molar-refractivity contribution in [2.75, 3.05) is 9.80 Å². The molecule has 0 amide bonds. The maximum Gasteiger partial charge on any atom is 0.0618 e. The Hall–Kier alpha value is -6.90. The molecule has 0 atom stereocenters. The third kappa shape index (κ3) is 4.98. The van der Waals surface area contributed by atoms with Crippen LogP contribution >= 0.6 is 0 Å². The van der Waals surface area contributed by atoms with Crippen molar-refractivity contribution in [1.29, 1.82) is 0 Å². The van der Waals surface area contributed by atoms with Gasteiger partial charge in [0.05, 0.1) is 28.4 Å². The highest BCUT2D eigenvalue weighted by Crippen LogP contribution is 2.59. The van der Waals surface area contributed by atoms with E-state index in [2.05, 4.69) is 232 Å². The van der Waals surface area contributed by atoms with Gasteiger partial charge in [-0.05, 0) is 86.6 Å².